The molecule has 23 heavy (non-hydrogen) atoms. The zero-order valence-electron chi connectivity index (χ0n) is 12.7. The molecule has 0 spiro atoms. The van der Waals surface area contributed by atoms with Crippen LogP contribution in [0.2, 0.25) is 0 Å². The van der Waals surface area contributed by atoms with E-state index in [1.165, 1.54) is 0 Å². The number of aromatic nitrogens is 3. The number of ether oxygens (including phenoxy) is 1. The maximum atomic E-state index is 5.38. The van der Waals surface area contributed by atoms with Crippen molar-refractivity contribution in [3.8, 4) is 17.0 Å². The third-order valence-electron chi connectivity index (χ3n) is 3.06. The standard InChI is InChI=1S/C16H15N5O2/c1-11-3-6-14(23-11)9-17-20-16-19-15(10-18-21-16)12-4-7-13(22-2)8-5-12/h3-10H,1-2H3,(H,19,20,21)/b17-9+. The molecule has 1 N–H and O–H groups in total. The van der Waals surface area contributed by atoms with Crippen molar-refractivity contribution in [1.82, 2.24) is 15.2 Å². The van der Waals surface area contributed by atoms with Gasteiger partial charge in [-0.05, 0) is 43.3 Å². The maximum absolute atomic E-state index is 5.38. The summed E-state index contributed by atoms with van der Waals surface area (Å²) in [7, 11) is 1.63. The van der Waals surface area contributed by atoms with Gasteiger partial charge >= 0.3 is 0 Å². The summed E-state index contributed by atoms with van der Waals surface area (Å²) in [4.78, 5) is 4.36. The normalized spacial score (nSPS) is 10.9. The van der Waals surface area contributed by atoms with Crippen molar-refractivity contribution < 1.29 is 9.15 Å². The highest BCUT2D eigenvalue weighted by Gasteiger charge is 2.03. The van der Waals surface area contributed by atoms with Gasteiger partial charge in [0.05, 0.1) is 25.2 Å². The number of rotatable bonds is 5. The molecule has 0 atom stereocenters. The van der Waals surface area contributed by atoms with Crippen molar-refractivity contribution in [3.63, 3.8) is 0 Å². The molecule has 0 unspecified atom stereocenters. The molecule has 0 fully saturated rings. The van der Waals surface area contributed by atoms with Gasteiger partial charge in [0.25, 0.3) is 5.95 Å². The summed E-state index contributed by atoms with van der Waals surface area (Å²) in [6, 6.07) is 11.2. The molecule has 0 aliphatic rings. The summed E-state index contributed by atoms with van der Waals surface area (Å²) < 4.78 is 10.5. The Hall–Kier alpha value is -3.22. The number of anilines is 1. The molecule has 0 aliphatic heterocycles. The number of aryl methyl sites for hydroxylation is 1. The number of hydrogen-bond donors (Lipinski definition) is 1. The van der Waals surface area contributed by atoms with Crippen LogP contribution in [0.25, 0.3) is 11.3 Å². The van der Waals surface area contributed by atoms with Crippen molar-refractivity contribution in [2.75, 3.05) is 12.5 Å². The molecule has 3 aromatic rings. The summed E-state index contributed by atoms with van der Waals surface area (Å²) in [6.45, 7) is 1.87. The number of benzene rings is 1. The largest absolute Gasteiger partial charge is 0.497 e. The van der Waals surface area contributed by atoms with E-state index in [9.17, 15) is 0 Å². The van der Waals surface area contributed by atoms with E-state index in [2.05, 4.69) is 25.7 Å². The minimum absolute atomic E-state index is 0.304. The molecule has 116 valence electrons. The van der Waals surface area contributed by atoms with Gasteiger partial charge in [-0.3, -0.25) is 0 Å². The Morgan fingerprint density at radius 1 is 1.17 bits per heavy atom. The third-order valence-corrected chi connectivity index (χ3v) is 3.06. The molecule has 2 heterocycles. The van der Waals surface area contributed by atoms with Gasteiger partial charge in [0.1, 0.15) is 17.3 Å². The van der Waals surface area contributed by atoms with Crippen LogP contribution in [-0.2, 0) is 0 Å². The van der Waals surface area contributed by atoms with Crippen molar-refractivity contribution in [2.45, 2.75) is 6.92 Å². The molecular weight excluding hydrogens is 294 g/mol. The summed E-state index contributed by atoms with van der Waals surface area (Å²) in [6.07, 6.45) is 3.14. The van der Waals surface area contributed by atoms with Crippen LogP contribution in [0.4, 0.5) is 5.95 Å². The summed E-state index contributed by atoms with van der Waals surface area (Å²) >= 11 is 0. The lowest BCUT2D eigenvalue weighted by Gasteiger charge is -2.03. The van der Waals surface area contributed by atoms with E-state index in [0.717, 1.165) is 17.1 Å². The van der Waals surface area contributed by atoms with Crippen molar-refractivity contribution in [3.05, 3.63) is 54.1 Å². The van der Waals surface area contributed by atoms with Gasteiger partial charge in [-0.2, -0.15) is 10.2 Å². The number of methoxy groups -OCH3 is 1. The minimum Gasteiger partial charge on any atom is -0.497 e. The van der Waals surface area contributed by atoms with Gasteiger partial charge in [-0.25, -0.2) is 10.4 Å². The number of nitrogens with one attached hydrogen (secondary N) is 1. The predicted octanol–water partition coefficient (Wildman–Crippen LogP) is 2.89. The lowest BCUT2D eigenvalue weighted by atomic mass is 10.1. The van der Waals surface area contributed by atoms with Gasteiger partial charge in [0.15, 0.2) is 0 Å². The average molecular weight is 309 g/mol. The third kappa shape index (κ3) is 3.70. The fourth-order valence-corrected chi connectivity index (χ4v) is 1.93. The van der Waals surface area contributed by atoms with E-state index in [4.69, 9.17) is 9.15 Å². The molecule has 0 saturated carbocycles. The molecule has 0 amide bonds. The van der Waals surface area contributed by atoms with E-state index in [-0.39, 0.29) is 0 Å². The second-order valence-corrected chi connectivity index (χ2v) is 4.71. The van der Waals surface area contributed by atoms with Gasteiger partial charge in [0, 0.05) is 5.56 Å². The quantitative estimate of drug-likeness (QED) is 0.576. The first-order chi connectivity index (χ1) is 11.2. The first kappa shape index (κ1) is 14.7. The zero-order valence-corrected chi connectivity index (χ0v) is 12.7. The molecule has 7 heteroatoms. The fourth-order valence-electron chi connectivity index (χ4n) is 1.93. The van der Waals surface area contributed by atoms with Crippen molar-refractivity contribution in [1.29, 1.82) is 0 Å². The van der Waals surface area contributed by atoms with Crippen molar-refractivity contribution in [2.24, 2.45) is 5.10 Å². The Kier molecular flexibility index (Phi) is 4.28. The van der Waals surface area contributed by atoms with Crippen LogP contribution < -0.4 is 10.2 Å². The molecule has 7 nitrogen and oxygen atoms in total. The maximum Gasteiger partial charge on any atom is 0.263 e. The SMILES string of the molecule is COc1ccc(-c2cnnc(N/N=C/c3ccc(C)o3)n2)cc1. The Bertz CT molecular complexity index is 811. The van der Waals surface area contributed by atoms with Crippen LogP contribution in [0, 0.1) is 6.92 Å². The molecule has 0 saturated heterocycles. The summed E-state index contributed by atoms with van der Waals surface area (Å²) in [5.74, 6) is 2.56. The molecular formula is C16H15N5O2. The molecule has 1 aromatic carbocycles. The van der Waals surface area contributed by atoms with Crippen LogP contribution in [-0.4, -0.2) is 28.5 Å². The van der Waals surface area contributed by atoms with Gasteiger partial charge < -0.3 is 9.15 Å². The highest BCUT2D eigenvalue weighted by atomic mass is 16.5. The summed E-state index contributed by atoms with van der Waals surface area (Å²) in [5.41, 5.74) is 4.34. The number of hydrogen-bond acceptors (Lipinski definition) is 7. The van der Waals surface area contributed by atoms with Crippen LogP contribution in [0.15, 0.2) is 52.1 Å². The molecule has 0 aliphatic carbocycles. The first-order valence-electron chi connectivity index (χ1n) is 6.94. The van der Waals surface area contributed by atoms with Crippen molar-refractivity contribution >= 4 is 12.2 Å². The Morgan fingerprint density at radius 2 is 2.00 bits per heavy atom. The molecule has 3 rings (SSSR count). The van der Waals surface area contributed by atoms with E-state index < -0.39 is 0 Å². The fraction of sp³-hybridized carbons (Fsp3) is 0.125. The number of furan rings is 1. The van der Waals surface area contributed by atoms with Crippen LogP contribution in [0.3, 0.4) is 0 Å². The average Bonchev–Trinajstić information content (AvgIpc) is 3.00. The van der Waals surface area contributed by atoms with E-state index in [1.807, 2.05) is 43.3 Å². The zero-order chi connectivity index (χ0) is 16.1. The van der Waals surface area contributed by atoms with E-state index in [1.54, 1.807) is 19.5 Å². The number of nitrogens with zero attached hydrogens (tertiary/aromatic N) is 4. The predicted molar refractivity (Wildman–Crippen MR) is 86.5 cm³/mol. The highest BCUT2D eigenvalue weighted by Crippen LogP contribution is 2.20. The second kappa shape index (κ2) is 6.69. The highest BCUT2D eigenvalue weighted by molar-refractivity contribution is 5.76. The van der Waals surface area contributed by atoms with Gasteiger partial charge in [0.2, 0.25) is 0 Å². The second-order valence-electron chi connectivity index (χ2n) is 4.71. The lowest BCUT2D eigenvalue weighted by Crippen LogP contribution is -1.99. The van der Waals surface area contributed by atoms with Crippen LogP contribution in [0.1, 0.15) is 11.5 Å². The van der Waals surface area contributed by atoms with Crippen LogP contribution in [0.5, 0.6) is 5.75 Å². The molecule has 0 radical (unpaired) electrons. The molecule has 0 bridgehead atoms. The number of hydrazone groups is 1. The van der Waals surface area contributed by atoms with E-state index >= 15 is 0 Å². The summed E-state index contributed by atoms with van der Waals surface area (Å²) in [5, 5.41) is 11.9. The Labute approximate surface area is 133 Å². The lowest BCUT2D eigenvalue weighted by molar-refractivity contribution is 0.415. The van der Waals surface area contributed by atoms with E-state index in [0.29, 0.717) is 17.4 Å². The topological polar surface area (TPSA) is 85.4 Å². The van der Waals surface area contributed by atoms with Gasteiger partial charge in [-0.1, -0.05) is 0 Å². The Balaban J connectivity index is 1.72. The Morgan fingerprint density at radius 3 is 2.70 bits per heavy atom. The smallest absolute Gasteiger partial charge is 0.263 e. The van der Waals surface area contributed by atoms with Gasteiger partial charge in [-0.15, -0.1) is 5.10 Å². The molecule has 2 aromatic heterocycles. The monoisotopic (exact) mass is 309 g/mol. The minimum atomic E-state index is 0.304. The van der Waals surface area contributed by atoms with Crippen LogP contribution >= 0.6 is 0 Å². The first-order valence-corrected chi connectivity index (χ1v) is 6.94.